The van der Waals surface area contributed by atoms with E-state index in [1.165, 1.54) is 40.4 Å². The second-order valence-corrected chi connectivity index (χ2v) is 8.58. The zero-order chi connectivity index (χ0) is 18.5. The largest absolute Gasteiger partial charge is 0.508 e. The normalized spacial score (nSPS) is 27.8. The lowest BCUT2D eigenvalue weighted by Crippen LogP contribution is -2.15. The van der Waals surface area contributed by atoms with E-state index < -0.39 is 0 Å². The molecule has 2 bridgehead atoms. The zero-order valence-electron chi connectivity index (χ0n) is 16.6. The Morgan fingerprint density at radius 3 is 1.38 bits per heavy atom. The van der Waals surface area contributed by atoms with Crippen molar-refractivity contribution in [2.75, 3.05) is 0 Å². The first kappa shape index (κ1) is 19.0. The smallest absolute Gasteiger partial charge is 0.115 e. The summed E-state index contributed by atoms with van der Waals surface area (Å²) in [4.78, 5) is 0. The Kier molecular flexibility index (Phi) is 6.40. The quantitative estimate of drug-likeness (QED) is 0.551. The average molecular weight is 351 g/mol. The molecule has 1 nitrogen and oxygen atoms in total. The van der Waals surface area contributed by atoms with Gasteiger partial charge in [0.05, 0.1) is 0 Å². The Hall–Kier alpha value is -1.76. The van der Waals surface area contributed by atoms with E-state index in [9.17, 15) is 0 Å². The molecule has 5 rings (SSSR count). The highest BCUT2D eigenvalue weighted by atomic mass is 16.3. The van der Waals surface area contributed by atoms with Crippen molar-refractivity contribution in [2.24, 2.45) is 23.7 Å². The summed E-state index contributed by atoms with van der Waals surface area (Å²) in [6, 6.07) is 15.6. The second kappa shape index (κ2) is 8.75. The van der Waals surface area contributed by atoms with Crippen LogP contribution in [-0.4, -0.2) is 5.11 Å². The van der Waals surface area contributed by atoms with Gasteiger partial charge in [0.15, 0.2) is 0 Å². The van der Waals surface area contributed by atoms with Crippen molar-refractivity contribution in [3.05, 3.63) is 65.2 Å². The van der Waals surface area contributed by atoms with E-state index in [0.717, 1.165) is 0 Å². The topological polar surface area (TPSA) is 20.2 Å². The number of aryl methyl sites for hydroxylation is 3. The number of fused-ring (bicyclic) bond motifs is 5. The Labute approximate surface area is 159 Å². The van der Waals surface area contributed by atoms with Crippen molar-refractivity contribution >= 4 is 0 Å². The molecule has 1 heteroatoms. The van der Waals surface area contributed by atoms with E-state index in [-0.39, 0.29) is 0 Å². The molecule has 4 atom stereocenters. The lowest BCUT2D eigenvalue weighted by molar-refractivity contribution is 0.259. The summed E-state index contributed by atoms with van der Waals surface area (Å²) in [6.07, 6.45) is 9.53. The molecule has 0 aromatic heterocycles. The van der Waals surface area contributed by atoms with Gasteiger partial charge in [0, 0.05) is 0 Å². The molecule has 140 valence electrons. The van der Waals surface area contributed by atoms with Gasteiger partial charge in [-0.1, -0.05) is 59.5 Å². The van der Waals surface area contributed by atoms with Crippen LogP contribution in [0.3, 0.4) is 0 Å². The Bertz CT molecular complexity index is 569. The molecule has 1 N–H and O–H groups in total. The van der Waals surface area contributed by atoms with Crippen LogP contribution in [0.5, 0.6) is 5.75 Å². The van der Waals surface area contributed by atoms with Crippen molar-refractivity contribution in [3.63, 3.8) is 0 Å². The lowest BCUT2D eigenvalue weighted by Gasteiger charge is -2.23. The second-order valence-electron chi connectivity index (χ2n) is 8.58. The van der Waals surface area contributed by atoms with Gasteiger partial charge in [-0.25, -0.2) is 0 Å². The predicted octanol–water partition coefficient (Wildman–Crippen LogP) is 6.84. The molecule has 0 radical (unpaired) electrons. The highest BCUT2D eigenvalue weighted by Crippen LogP contribution is 2.58. The fraction of sp³-hybridized carbons (Fsp3) is 0.520. The maximum Gasteiger partial charge on any atom is 0.115 e. The maximum absolute atomic E-state index is 8.76. The summed E-state index contributed by atoms with van der Waals surface area (Å²) in [7, 11) is 0. The van der Waals surface area contributed by atoms with Gasteiger partial charge in [0.1, 0.15) is 5.75 Å². The van der Waals surface area contributed by atoms with Gasteiger partial charge in [0.25, 0.3) is 0 Å². The molecule has 26 heavy (non-hydrogen) atoms. The van der Waals surface area contributed by atoms with Crippen molar-refractivity contribution in [3.8, 4) is 5.75 Å². The maximum atomic E-state index is 8.76. The van der Waals surface area contributed by atoms with E-state index in [2.05, 4.69) is 38.1 Å². The molecular formula is C25H34O. The van der Waals surface area contributed by atoms with Crippen molar-refractivity contribution < 1.29 is 5.11 Å². The molecule has 2 aromatic carbocycles. The van der Waals surface area contributed by atoms with Gasteiger partial charge in [-0.3, -0.25) is 0 Å². The number of phenols is 1. The van der Waals surface area contributed by atoms with Gasteiger partial charge in [0.2, 0.25) is 0 Å². The SMILES string of the molecule is C1CC2C3CCC(C3)C2C1.Cc1ccc(C)cc1.Cc1ccc(O)cc1. The number of hydrogen-bond acceptors (Lipinski definition) is 1. The third-order valence-corrected chi connectivity index (χ3v) is 6.60. The minimum atomic E-state index is 0.329. The van der Waals surface area contributed by atoms with Crippen LogP contribution in [0.4, 0.5) is 0 Å². The molecule has 3 aliphatic rings. The summed E-state index contributed by atoms with van der Waals surface area (Å²) in [5.74, 6) is 5.13. The summed E-state index contributed by atoms with van der Waals surface area (Å²) in [5, 5.41) is 8.76. The molecule has 0 amide bonds. The van der Waals surface area contributed by atoms with Crippen LogP contribution >= 0.6 is 0 Å². The Balaban J connectivity index is 0.000000115. The summed E-state index contributed by atoms with van der Waals surface area (Å²) in [5.41, 5.74) is 3.83. The summed E-state index contributed by atoms with van der Waals surface area (Å²) < 4.78 is 0. The minimum Gasteiger partial charge on any atom is -0.508 e. The molecule has 4 unspecified atom stereocenters. The standard InChI is InChI=1S/C10H16.C8H10.C7H8O/c1-2-9-7-4-5-8(6-7)10(9)3-1;1-7-3-5-8(2)6-4-7;1-6-2-4-7(8)5-3-6/h7-10H,1-6H2;3-6H,1-2H3;2-5,8H,1H3. The Morgan fingerprint density at radius 1 is 0.615 bits per heavy atom. The van der Waals surface area contributed by atoms with Gasteiger partial charge >= 0.3 is 0 Å². The Morgan fingerprint density at radius 2 is 1.00 bits per heavy atom. The van der Waals surface area contributed by atoms with E-state index in [1.54, 1.807) is 50.7 Å². The van der Waals surface area contributed by atoms with Gasteiger partial charge in [-0.05, 0) is 88.7 Å². The highest BCUT2D eigenvalue weighted by Gasteiger charge is 2.48. The van der Waals surface area contributed by atoms with Crippen LogP contribution in [0.1, 0.15) is 55.2 Å². The molecule has 3 saturated carbocycles. The first-order chi connectivity index (χ1) is 12.5. The molecular weight excluding hydrogens is 316 g/mol. The third kappa shape index (κ3) is 4.90. The van der Waals surface area contributed by atoms with E-state index in [0.29, 0.717) is 5.75 Å². The molecule has 0 saturated heterocycles. The van der Waals surface area contributed by atoms with Crippen molar-refractivity contribution in [1.29, 1.82) is 0 Å². The first-order valence-corrected chi connectivity index (χ1v) is 10.3. The highest BCUT2D eigenvalue weighted by molar-refractivity contribution is 5.24. The average Bonchev–Trinajstić information content (AvgIpc) is 3.35. The molecule has 0 heterocycles. The van der Waals surface area contributed by atoms with Crippen LogP contribution in [-0.2, 0) is 0 Å². The number of phenolic OH excluding ortho intramolecular Hbond substituents is 1. The van der Waals surface area contributed by atoms with Crippen molar-refractivity contribution in [1.82, 2.24) is 0 Å². The van der Waals surface area contributed by atoms with E-state index >= 15 is 0 Å². The molecule has 2 aromatic rings. The molecule has 3 aliphatic carbocycles. The zero-order valence-corrected chi connectivity index (χ0v) is 16.6. The predicted molar refractivity (Wildman–Crippen MR) is 110 cm³/mol. The van der Waals surface area contributed by atoms with Crippen molar-refractivity contribution in [2.45, 2.75) is 59.3 Å². The fourth-order valence-corrected chi connectivity index (χ4v) is 5.20. The van der Waals surface area contributed by atoms with Gasteiger partial charge in [-0.2, -0.15) is 0 Å². The number of rotatable bonds is 0. The van der Waals surface area contributed by atoms with Crippen LogP contribution < -0.4 is 0 Å². The van der Waals surface area contributed by atoms with Gasteiger partial charge in [-0.15, -0.1) is 0 Å². The number of aromatic hydroxyl groups is 1. The van der Waals surface area contributed by atoms with Crippen LogP contribution in [0.2, 0.25) is 0 Å². The minimum absolute atomic E-state index is 0.329. The molecule has 0 aliphatic heterocycles. The van der Waals surface area contributed by atoms with Crippen LogP contribution in [0, 0.1) is 44.4 Å². The lowest BCUT2D eigenvalue weighted by atomic mass is 9.82. The number of hydrogen-bond donors (Lipinski definition) is 1. The van der Waals surface area contributed by atoms with E-state index in [1.807, 2.05) is 19.1 Å². The third-order valence-electron chi connectivity index (χ3n) is 6.60. The van der Waals surface area contributed by atoms with Crippen LogP contribution in [0.15, 0.2) is 48.5 Å². The summed E-state index contributed by atoms with van der Waals surface area (Å²) >= 11 is 0. The fourth-order valence-electron chi connectivity index (χ4n) is 5.20. The molecule has 0 spiro atoms. The monoisotopic (exact) mass is 350 g/mol. The molecule has 3 fully saturated rings. The first-order valence-electron chi connectivity index (χ1n) is 10.3. The van der Waals surface area contributed by atoms with Gasteiger partial charge < -0.3 is 5.11 Å². The summed E-state index contributed by atoms with van der Waals surface area (Å²) in [6.45, 7) is 6.18. The van der Waals surface area contributed by atoms with Crippen LogP contribution in [0.25, 0.3) is 0 Å². The number of benzene rings is 2. The van der Waals surface area contributed by atoms with E-state index in [4.69, 9.17) is 5.11 Å².